The van der Waals surface area contributed by atoms with Gasteiger partial charge in [0.05, 0.1) is 6.04 Å². The molecular formula is C17H23N3O2S. The zero-order valence-electron chi connectivity index (χ0n) is 13.7. The summed E-state index contributed by atoms with van der Waals surface area (Å²) in [5.74, 6) is 1.89. The van der Waals surface area contributed by atoms with Gasteiger partial charge in [-0.2, -0.15) is 4.98 Å². The first-order valence-electron chi connectivity index (χ1n) is 8.30. The molecule has 2 aromatic heterocycles. The number of carbonyl (C=O) groups is 1. The van der Waals surface area contributed by atoms with Crippen molar-refractivity contribution in [3.8, 4) is 0 Å². The molecule has 0 spiro atoms. The van der Waals surface area contributed by atoms with E-state index in [0.717, 1.165) is 31.6 Å². The third-order valence-electron chi connectivity index (χ3n) is 4.23. The van der Waals surface area contributed by atoms with Crippen molar-refractivity contribution >= 4 is 17.2 Å². The molecule has 1 atom stereocenters. The van der Waals surface area contributed by atoms with Crippen LogP contribution in [0.3, 0.4) is 0 Å². The van der Waals surface area contributed by atoms with Gasteiger partial charge in [0.2, 0.25) is 11.8 Å². The molecule has 0 N–H and O–H groups in total. The van der Waals surface area contributed by atoms with Crippen LogP contribution in [0.4, 0.5) is 0 Å². The lowest BCUT2D eigenvalue weighted by Gasteiger charge is -2.23. The molecule has 1 aliphatic heterocycles. The first kappa shape index (κ1) is 16.2. The molecule has 1 amide bonds. The lowest BCUT2D eigenvalue weighted by Crippen LogP contribution is -2.30. The Kier molecular flexibility index (Phi) is 5.10. The number of thiophene rings is 1. The maximum atomic E-state index is 12.5. The van der Waals surface area contributed by atoms with Gasteiger partial charge >= 0.3 is 0 Å². The average molecular weight is 333 g/mol. The third-order valence-corrected chi connectivity index (χ3v) is 5.20. The van der Waals surface area contributed by atoms with E-state index < -0.39 is 0 Å². The van der Waals surface area contributed by atoms with Crippen LogP contribution in [0, 0.1) is 0 Å². The van der Waals surface area contributed by atoms with Crippen molar-refractivity contribution in [2.75, 3.05) is 6.54 Å². The van der Waals surface area contributed by atoms with E-state index in [9.17, 15) is 4.79 Å². The van der Waals surface area contributed by atoms with Crippen molar-refractivity contribution < 1.29 is 9.32 Å². The molecule has 6 heteroatoms. The highest BCUT2D eigenvalue weighted by molar-refractivity contribution is 7.10. The van der Waals surface area contributed by atoms with E-state index in [4.69, 9.17) is 4.52 Å². The first-order valence-corrected chi connectivity index (χ1v) is 9.18. The number of hydrogen-bond acceptors (Lipinski definition) is 5. The van der Waals surface area contributed by atoms with Crippen molar-refractivity contribution in [2.45, 2.75) is 57.9 Å². The number of hydrogen-bond donors (Lipinski definition) is 0. The molecule has 1 aliphatic rings. The Balaban J connectivity index is 1.50. The SMILES string of the molecule is CC(C)c1noc(CCCC(=O)N2CCC[C@@H]2c2cccs2)n1. The summed E-state index contributed by atoms with van der Waals surface area (Å²) in [6.07, 6.45) is 4.14. The number of amides is 1. The second-order valence-corrected chi connectivity index (χ2v) is 7.29. The van der Waals surface area contributed by atoms with Gasteiger partial charge in [0.15, 0.2) is 5.82 Å². The van der Waals surface area contributed by atoms with Crippen molar-refractivity contribution in [3.05, 3.63) is 34.1 Å². The normalized spacial score (nSPS) is 18.0. The summed E-state index contributed by atoms with van der Waals surface area (Å²) in [5.41, 5.74) is 0. The Morgan fingerprint density at radius 3 is 3.09 bits per heavy atom. The molecule has 0 saturated carbocycles. The molecule has 23 heavy (non-hydrogen) atoms. The minimum Gasteiger partial charge on any atom is -0.339 e. The van der Waals surface area contributed by atoms with E-state index in [1.165, 1.54) is 4.88 Å². The maximum absolute atomic E-state index is 12.5. The first-order chi connectivity index (χ1) is 11.1. The van der Waals surface area contributed by atoms with Crippen LogP contribution in [0.1, 0.15) is 68.1 Å². The number of aryl methyl sites for hydroxylation is 1. The fraction of sp³-hybridized carbons (Fsp3) is 0.588. The predicted molar refractivity (Wildman–Crippen MR) is 89.3 cm³/mol. The van der Waals surface area contributed by atoms with Crippen LogP contribution in [0.15, 0.2) is 22.0 Å². The van der Waals surface area contributed by atoms with Gasteiger partial charge in [-0.05, 0) is 30.7 Å². The summed E-state index contributed by atoms with van der Waals surface area (Å²) in [5, 5.41) is 6.04. The molecular weight excluding hydrogens is 310 g/mol. The lowest BCUT2D eigenvalue weighted by molar-refractivity contribution is -0.132. The van der Waals surface area contributed by atoms with E-state index in [-0.39, 0.29) is 17.9 Å². The summed E-state index contributed by atoms with van der Waals surface area (Å²) in [6.45, 7) is 4.95. The average Bonchev–Trinajstić information content (AvgIpc) is 3.27. The van der Waals surface area contributed by atoms with Crippen LogP contribution in [-0.2, 0) is 11.2 Å². The Morgan fingerprint density at radius 2 is 2.39 bits per heavy atom. The highest BCUT2D eigenvalue weighted by atomic mass is 32.1. The van der Waals surface area contributed by atoms with Gasteiger partial charge in [-0.3, -0.25) is 4.79 Å². The molecule has 1 fully saturated rings. The fourth-order valence-corrected chi connectivity index (χ4v) is 3.85. The molecule has 0 unspecified atom stereocenters. The zero-order valence-corrected chi connectivity index (χ0v) is 14.5. The quantitative estimate of drug-likeness (QED) is 0.803. The molecule has 3 heterocycles. The smallest absolute Gasteiger partial charge is 0.226 e. The molecule has 3 rings (SSSR count). The minimum absolute atomic E-state index is 0.240. The van der Waals surface area contributed by atoms with Gasteiger partial charge < -0.3 is 9.42 Å². The zero-order chi connectivity index (χ0) is 16.2. The van der Waals surface area contributed by atoms with Crippen LogP contribution in [0.2, 0.25) is 0 Å². The van der Waals surface area contributed by atoms with Crippen molar-refractivity contribution in [1.82, 2.24) is 15.0 Å². The molecule has 0 aliphatic carbocycles. The number of aromatic nitrogens is 2. The Morgan fingerprint density at radius 1 is 1.52 bits per heavy atom. The molecule has 0 bridgehead atoms. The Labute approximate surface area is 140 Å². The fourth-order valence-electron chi connectivity index (χ4n) is 2.98. The molecule has 5 nitrogen and oxygen atoms in total. The summed E-state index contributed by atoms with van der Waals surface area (Å²) >= 11 is 1.74. The molecule has 0 aromatic carbocycles. The van der Waals surface area contributed by atoms with Crippen LogP contribution < -0.4 is 0 Å². The highest BCUT2D eigenvalue weighted by Crippen LogP contribution is 2.34. The summed E-state index contributed by atoms with van der Waals surface area (Å²) in [4.78, 5) is 20.2. The van der Waals surface area contributed by atoms with Crippen molar-refractivity contribution in [2.24, 2.45) is 0 Å². The predicted octanol–water partition coefficient (Wildman–Crippen LogP) is 3.94. The van der Waals surface area contributed by atoms with E-state index >= 15 is 0 Å². The van der Waals surface area contributed by atoms with Crippen LogP contribution >= 0.6 is 11.3 Å². The second-order valence-electron chi connectivity index (χ2n) is 6.32. The number of nitrogens with zero attached hydrogens (tertiary/aromatic N) is 3. The van der Waals surface area contributed by atoms with Gasteiger partial charge in [-0.1, -0.05) is 25.1 Å². The number of carbonyl (C=O) groups excluding carboxylic acids is 1. The van der Waals surface area contributed by atoms with Crippen LogP contribution in [-0.4, -0.2) is 27.5 Å². The molecule has 2 aromatic rings. The van der Waals surface area contributed by atoms with E-state index in [0.29, 0.717) is 18.7 Å². The molecule has 1 saturated heterocycles. The topological polar surface area (TPSA) is 59.2 Å². The van der Waals surface area contributed by atoms with Gasteiger partial charge in [-0.15, -0.1) is 11.3 Å². The monoisotopic (exact) mass is 333 g/mol. The van der Waals surface area contributed by atoms with Gasteiger partial charge in [0.1, 0.15) is 0 Å². The van der Waals surface area contributed by atoms with Gasteiger partial charge in [0, 0.05) is 30.2 Å². The standard InChI is InChI=1S/C17H23N3O2S/c1-12(2)17-18-15(22-19-17)8-3-9-16(21)20-10-4-6-13(20)14-7-5-11-23-14/h5,7,11-13H,3-4,6,8-10H2,1-2H3/t13-/m1/s1. The lowest BCUT2D eigenvalue weighted by atomic mass is 10.1. The summed E-state index contributed by atoms with van der Waals surface area (Å²) in [6, 6.07) is 4.47. The van der Waals surface area contributed by atoms with E-state index in [1.54, 1.807) is 11.3 Å². The van der Waals surface area contributed by atoms with E-state index in [2.05, 4.69) is 27.7 Å². The van der Waals surface area contributed by atoms with Crippen LogP contribution in [0.25, 0.3) is 0 Å². The van der Waals surface area contributed by atoms with Crippen LogP contribution in [0.5, 0.6) is 0 Å². The number of likely N-dealkylation sites (tertiary alicyclic amines) is 1. The third kappa shape index (κ3) is 3.80. The van der Waals surface area contributed by atoms with Gasteiger partial charge in [0.25, 0.3) is 0 Å². The summed E-state index contributed by atoms with van der Waals surface area (Å²) in [7, 11) is 0. The minimum atomic E-state index is 0.240. The molecule has 124 valence electrons. The largest absolute Gasteiger partial charge is 0.339 e. The van der Waals surface area contributed by atoms with Gasteiger partial charge in [-0.25, -0.2) is 0 Å². The molecule has 0 radical (unpaired) electrons. The number of rotatable bonds is 6. The highest BCUT2D eigenvalue weighted by Gasteiger charge is 2.30. The van der Waals surface area contributed by atoms with Crippen molar-refractivity contribution in [3.63, 3.8) is 0 Å². The Hall–Kier alpha value is -1.69. The van der Waals surface area contributed by atoms with Crippen molar-refractivity contribution in [1.29, 1.82) is 0 Å². The van der Waals surface area contributed by atoms with E-state index in [1.807, 2.05) is 18.7 Å². The second kappa shape index (κ2) is 7.25. The summed E-state index contributed by atoms with van der Waals surface area (Å²) < 4.78 is 5.23. The Bertz CT molecular complexity index is 636. The maximum Gasteiger partial charge on any atom is 0.226 e.